The molecule has 26 heavy (non-hydrogen) atoms. The van der Waals surface area contributed by atoms with Crippen LogP contribution in [0.4, 0.5) is 0 Å². The van der Waals surface area contributed by atoms with Gasteiger partial charge in [0, 0.05) is 23.3 Å². The van der Waals surface area contributed by atoms with Crippen molar-refractivity contribution in [1.29, 1.82) is 0 Å². The van der Waals surface area contributed by atoms with Crippen LogP contribution in [0.1, 0.15) is 42.5 Å². The fourth-order valence-corrected chi connectivity index (χ4v) is 3.46. The first-order chi connectivity index (χ1) is 12.5. The zero-order valence-electron chi connectivity index (χ0n) is 14.7. The molecule has 2 heterocycles. The minimum atomic E-state index is -0.0597. The Bertz CT molecular complexity index is 871. The van der Waals surface area contributed by atoms with Gasteiger partial charge in [-0.15, -0.1) is 11.3 Å². The van der Waals surface area contributed by atoms with Gasteiger partial charge in [-0.25, -0.2) is 0 Å². The molecule has 0 aliphatic rings. The molecule has 0 saturated heterocycles. The Morgan fingerprint density at radius 3 is 2.65 bits per heavy atom. The predicted octanol–water partition coefficient (Wildman–Crippen LogP) is 4.82. The van der Waals surface area contributed by atoms with E-state index in [2.05, 4.69) is 41.4 Å². The van der Waals surface area contributed by atoms with Crippen LogP contribution >= 0.6 is 22.9 Å². The molecule has 1 N–H and O–H groups in total. The van der Waals surface area contributed by atoms with Crippen LogP contribution in [0.3, 0.4) is 0 Å². The van der Waals surface area contributed by atoms with Gasteiger partial charge in [0.1, 0.15) is 0 Å². The maximum Gasteiger partial charge on any atom is 0.227 e. The molecule has 5 nitrogen and oxygen atoms in total. The Labute approximate surface area is 161 Å². The molecule has 3 rings (SSSR count). The number of benzene rings is 1. The van der Waals surface area contributed by atoms with Gasteiger partial charge < -0.3 is 9.84 Å². The van der Waals surface area contributed by atoms with Crippen LogP contribution in [-0.2, 0) is 17.8 Å². The van der Waals surface area contributed by atoms with Crippen LogP contribution in [-0.4, -0.2) is 16.0 Å². The molecule has 136 valence electrons. The van der Waals surface area contributed by atoms with Crippen molar-refractivity contribution >= 4 is 28.8 Å². The molecule has 2 aromatic heterocycles. The molecule has 7 heteroatoms. The lowest BCUT2D eigenvalue weighted by molar-refractivity contribution is -0.121. The van der Waals surface area contributed by atoms with E-state index in [9.17, 15) is 4.79 Å². The fourth-order valence-electron chi connectivity index (χ4n) is 2.43. The molecule has 0 fully saturated rings. The molecule has 0 radical (unpaired) electrons. The van der Waals surface area contributed by atoms with Gasteiger partial charge in [0.15, 0.2) is 0 Å². The summed E-state index contributed by atoms with van der Waals surface area (Å²) < 4.78 is 5.97. The Hall–Kier alpha value is -2.18. The summed E-state index contributed by atoms with van der Waals surface area (Å²) in [6.45, 7) is 4.78. The summed E-state index contributed by atoms with van der Waals surface area (Å²) in [5.41, 5.74) is 2.17. The Morgan fingerprint density at radius 1 is 1.23 bits per heavy atom. The average Bonchev–Trinajstić information content (AvgIpc) is 3.27. The molecule has 0 saturated carbocycles. The van der Waals surface area contributed by atoms with Crippen LogP contribution in [0.25, 0.3) is 11.4 Å². The first kappa shape index (κ1) is 18.6. The number of halogens is 1. The SMILES string of the molecule is CC(C)c1ccc(-c2noc(CCC(=O)NCc3ccc(Cl)s3)n2)cc1. The van der Waals surface area contributed by atoms with Gasteiger partial charge in [-0.05, 0) is 23.6 Å². The first-order valence-electron chi connectivity index (χ1n) is 8.45. The first-order valence-corrected chi connectivity index (χ1v) is 9.64. The van der Waals surface area contributed by atoms with E-state index < -0.39 is 0 Å². The number of carbonyl (C=O) groups excluding carboxylic acids is 1. The van der Waals surface area contributed by atoms with Crippen molar-refractivity contribution in [3.05, 3.63) is 57.1 Å². The Kier molecular flexibility index (Phi) is 6.06. The van der Waals surface area contributed by atoms with Crippen molar-refractivity contribution < 1.29 is 9.32 Å². The summed E-state index contributed by atoms with van der Waals surface area (Å²) in [5, 5.41) is 6.87. The Balaban J connectivity index is 1.50. The van der Waals surface area contributed by atoms with Crippen molar-refractivity contribution in [2.24, 2.45) is 0 Å². The zero-order valence-corrected chi connectivity index (χ0v) is 16.2. The lowest BCUT2D eigenvalue weighted by atomic mass is 10.0. The number of thiophene rings is 1. The van der Waals surface area contributed by atoms with Crippen molar-refractivity contribution in [3.8, 4) is 11.4 Å². The summed E-state index contributed by atoms with van der Waals surface area (Å²) >= 11 is 7.33. The Morgan fingerprint density at radius 2 is 2.00 bits per heavy atom. The van der Waals surface area contributed by atoms with E-state index in [4.69, 9.17) is 16.1 Å². The number of carbonyl (C=O) groups is 1. The second-order valence-corrected chi connectivity index (χ2v) is 8.07. The maximum absolute atomic E-state index is 11.9. The molecular weight excluding hydrogens is 370 g/mol. The summed E-state index contributed by atoms with van der Waals surface area (Å²) in [6.07, 6.45) is 0.709. The molecule has 0 aliphatic heterocycles. The summed E-state index contributed by atoms with van der Waals surface area (Å²) in [6, 6.07) is 11.8. The van der Waals surface area contributed by atoms with Crippen LogP contribution in [0.5, 0.6) is 0 Å². The van der Waals surface area contributed by atoms with Crippen molar-refractivity contribution in [2.75, 3.05) is 0 Å². The third kappa shape index (κ3) is 4.93. The number of amides is 1. The van der Waals surface area contributed by atoms with Gasteiger partial charge in [-0.2, -0.15) is 4.98 Å². The quantitative estimate of drug-likeness (QED) is 0.628. The highest BCUT2D eigenvalue weighted by Gasteiger charge is 2.11. The highest BCUT2D eigenvalue weighted by Crippen LogP contribution is 2.22. The second kappa shape index (κ2) is 8.47. The van der Waals surface area contributed by atoms with E-state index in [1.54, 1.807) is 0 Å². The third-order valence-electron chi connectivity index (χ3n) is 3.96. The number of nitrogens with zero attached hydrogens (tertiary/aromatic N) is 2. The third-order valence-corrected chi connectivity index (χ3v) is 5.19. The lowest BCUT2D eigenvalue weighted by Crippen LogP contribution is -2.22. The second-order valence-electron chi connectivity index (χ2n) is 6.27. The fraction of sp³-hybridized carbons (Fsp3) is 0.316. The van der Waals surface area contributed by atoms with Gasteiger partial charge in [-0.1, -0.05) is 54.9 Å². The number of nitrogens with one attached hydrogen (secondary N) is 1. The van der Waals surface area contributed by atoms with Crippen LogP contribution in [0, 0.1) is 0 Å². The average molecular weight is 390 g/mol. The standard InChI is InChI=1S/C19H20ClN3O2S/c1-12(2)13-3-5-14(6-4-13)19-22-18(25-23-19)10-9-17(24)21-11-15-7-8-16(20)26-15/h3-8,12H,9-11H2,1-2H3,(H,21,24). The largest absolute Gasteiger partial charge is 0.351 e. The highest BCUT2D eigenvalue weighted by molar-refractivity contribution is 7.16. The van der Waals surface area contributed by atoms with Gasteiger partial charge in [0.05, 0.1) is 10.9 Å². The minimum absolute atomic E-state index is 0.0597. The maximum atomic E-state index is 11.9. The van der Waals surface area contributed by atoms with Crippen LogP contribution in [0.15, 0.2) is 40.9 Å². The minimum Gasteiger partial charge on any atom is -0.351 e. The summed E-state index contributed by atoms with van der Waals surface area (Å²) in [4.78, 5) is 17.3. The van der Waals surface area contributed by atoms with E-state index in [-0.39, 0.29) is 5.91 Å². The van der Waals surface area contributed by atoms with Gasteiger partial charge in [0.2, 0.25) is 17.6 Å². The normalized spacial score (nSPS) is 11.1. The van der Waals surface area contributed by atoms with Gasteiger partial charge in [-0.3, -0.25) is 4.79 Å². The van der Waals surface area contributed by atoms with E-state index in [1.807, 2.05) is 24.3 Å². The van der Waals surface area contributed by atoms with Gasteiger partial charge in [0.25, 0.3) is 0 Å². The number of rotatable bonds is 7. The zero-order chi connectivity index (χ0) is 18.5. The molecule has 0 aliphatic carbocycles. The van der Waals surface area contributed by atoms with E-state index in [1.165, 1.54) is 16.9 Å². The van der Waals surface area contributed by atoms with E-state index in [0.29, 0.717) is 41.4 Å². The van der Waals surface area contributed by atoms with Crippen molar-refractivity contribution in [1.82, 2.24) is 15.5 Å². The smallest absolute Gasteiger partial charge is 0.227 e. The highest BCUT2D eigenvalue weighted by atomic mass is 35.5. The monoisotopic (exact) mass is 389 g/mol. The molecule has 3 aromatic rings. The van der Waals surface area contributed by atoms with E-state index in [0.717, 1.165) is 10.4 Å². The van der Waals surface area contributed by atoms with Crippen molar-refractivity contribution in [2.45, 2.75) is 39.2 Å². The molecular formula is C19H20ClN3O2S. The number of hydrogen-bond donors (Lipinski definition) is 1. The number of aryl methyl sites for hydroxylation is 1. The lowest BCUT2D eigenvalue weighted by Gasteiger charge is -2.04. The molecule has 0 spiro atoms. The topological polar surface area (TPSA) is 68.0 Å². The molecule has 1 aromatic carbocycles. The van der Waals surface area contributed by atoms with E-state index >= 15 is 0 Å². The van der Waals surface area contributed by atoms with Crippen LogP contribution in [0.2, 0.25) is 4.34 Å². The summed E-state index contributed by atoms with van der Waals surface area (Å²) in [7, 11) is 0. The molecule has 0 unspecified atom stereocenters. The molecule has 0 bridgehead atoms. The molecule has 0 atom stereocenters. The van der Waals surface area contributed by atoms with Crippen LogP contribution < -0.4 is 5.32 Å². The summed E-state index contributed by atoms with van der Waals surface area (Å²) in [5.74, 6) is 1.43. The van der Waals surface area contributed by atoms with Crippen molar-refractivity contribution in [3.63, 3.8) is 0 Å². The number of aromatic nitrogens is 2. The number of hydrogen-bond acceptors (Lipinski definition) is 5. The predicted molar refractivity (Wildman–Crippen MR) is 103 cm³/mol. The van der Waals surface area contributed by atoms with Gasteiger partial charge >= 0.3 is 0 Å². The molecule has 1 amide bonds.